The van der Waals surface area contributed by atoms with Crippen LogP contribution in [0.1, 0.15) is 64.0 Å². The first-order valence-electron chi connectivity index (χ1n) is 14.3. The SMILES string of the molecule is C=C(C(=O)OCC)c1ccc(OCCCCOC(CC)OCCCCOc2ccc(C(=C)C(=O)OCC)cc2)cc1. The van der Waals surface area contributed by atoms with Crippen molar-refractivity contribution in [3.05, 3.63) is 72.8 Å². The van der Waals surface area contributed by atoms with Gasteiger partial charge >= 0.3 is 11.9 Å². The van der Waals surface area contributed by atoms with Gasteiger partial charge in [-0.25, -0.2) is 9.59 Å². The van der Waals surface area contributed by atoms with Crippen LogP contribution in [0.5, 0.6) is 11.5 Å². The Morgan fingerprint density at radius 1 is 0.610 bits per heavy atom. The lowest BCUT2D eigenvalue weighted by molar-refractivity contribution is -0.145. The molecular weight excluding hydrogens is 524 g/mol. The summed E-state index contributed by atoms with van der Waals surface area (Å²) >= 11 is 0. The fourth-order valence-corrected chi connectivity index (χ4v) is 3.68. The third-order valence-electron chi connectivity index (χ3n) is 6.00. The first-order chi connectivity index (χ1) is 19.9. The van der Waals surface area contributed by atoms with Crippen LogP contribution in [0, 0.1) is 0 Å². The molecule has 0 aliphatic heterocycles. The topological polar surface area (TPSA) is 89.5 Å². The molecule has 8 heteroatoms. The van der Waals surface area contributed by atoms with Gasteiger partial charge in [0.15, 0.2) is 6.29 Å². The van der Waals surface area contributed by atoms with Crippen LogP contribution < -0.4 is 9.47 Å². The van der Waals surface area contributed by atoms with E-state index in [1.807, 2.05) is 31.2 Å². The lowest BCUT2D eigenvalue weighted by Gasteiger charge is -2.17. The first-order valence-corrected chi connectivity index (χ1v) is 14.3. The van der Waals surface area contributed by atoms with Gasteiger partial charge in [0.25, 0.3) is 0 Å². The van der Waals surface area contributed by atoms with E-state index in [1.54, 1.807) is 38.1 Å². The van der Waals surface area contributed by atoms with Crippen LogP contribution >= 0.6 is 0 Å². The summed E-state index contributed by atoms with van der Waals surface area (Å²) < 4.78 is 33.3. The summed E-state index contributed by atoms with van der Waals surface area (Å²) in [7, 11) is 0. The molecule has 2 aromatic rings. The standard InChI is InChI=1S/C33H44O8/c1-6-31(40-23-11-9-21-38-29-17-13-27(14-18-29)25(4)32(34)36-7-2)41-24-12-10-22-39-30-19-15-28(16-20-30)26(5)33(35)37-8-3/h13-20,31H,4-12,21-24H2,1-3H3. The molecule has 0 radical (unpaired) electrons. The zero-order valence-corrected chi connectivity index (χ0v) is 24.7. The smallest absolute Gasteiger partial charge is 0.338 e. The number of rotatable bonds is 21. The molecule has 0 atom stereocenters. The van der Waals surface area contributed by atoms with Crippen LogP contribution in [0.15, 0.2) is 61.7 Å². The van der Waals surface area contributed by atoms with Gasteiger partial charge in [0.2, 0.25) is 0 Å². The Morgan fingerprint density at radius 3 is 1.32 bits per heavy atom. The monoisotopic (exact) mass is 568 g/mol. The second-order valence-corrected chi connectivity index (χ2v) is 9.14. The van der Waals surface area contributed by atoms with Gasteiger partial charge in [-0.05, 0) is 81.3 Å². The van der Waals surface area contributed by atoms with E-state index in [1.165, 1.54) is 0 Å². The first kappa shape index (κ1) is 33.6. The minimum Gasteiger partial charge on any atom is -0.494 e. The fraction of sp³-hybridized carbons (Fsp3) is 0.455. The van der Waals surface area contributed by atoms with Gasteiger partial charge in [0, 0.05) is 13.2 Å². The highest BCUT2D eigenvalue weighted by atomic mass is 16.7. The van der Waals surface area contributed by atoms with Crippen molar-refractivity contribution in [2.24, 2.45) is 0 Å². The molecule has 2 aromatic carbocycles. The number of hydrogen-bond acceptors (Lipinski definition) is 8. The second kappa shape index (κ2) is 19.5. The summed E-state index contributed by atoms with van der Waals surface area (Å²) in [6, 6.07) is 14.5. The van der Waals surface area contributed by atoms with Crippen molar-refractivity contribution in [3.8, 4) is 11.5 Å². The maximum atomic E-state index is 11.8. The summed E-state index contributed by atoms with van der Waals surface area (Å²) in [6.45, 7) is 16.1. The van der Waals surface area contributed by atoms with E-state index in [-0.39, 0.29) is 6.29 Å². The Morgan fingerprint density at radius 2 is 0.976 bits per heavy atom. The van der Waals surface area contributed by atoms with E-state index < -0.39 is 11.9 Å². The summed E-state index contributed by atoms with van der Waals surface area (Å²) in [5, 5.41) is 0. The average Bonchev–Trinajstić information content (AvgIpc) is 2.99. The normalized spacial score (nSPS) is 10.7. The molecule has 224 valence electrons. The van der Waals surface area contributed by atoms with Crippen LogP contribution in [0.3, 0.4) is 0 Å². The molecule has 0 N–H and O–H groups in total. The second-order valence-electron chi connectivity index (χ2n) is 9.14. The van der Waals surface area contributed by atoms with E-state index in [2.05, 4.69) is 13.2 Å². The van der Waals surface area contributed by atoms with Crippen LogP contribution in [-0.4, -0.2) is 57.9 Å². The lowest BCUT2D eigenvalue weighted by atomic mass is 10.1. The van der Waals surface area contributed by atoms with Gasteiger partial charge in [-0.2, -0.15) is 0 Å². The van der Waals surface area contributed by atoms with Crippen molar-refractivity contribution in [1.82, 2.24) is 0 Å². The van der Waals surface area contributed by atoms with Crippen LogP contribution in [0.2, 0.25) is 0 Å². The Balaban J connectivity index is 1.52. The number of esters is 2. The summed E-state index contributed by atoms with van der Waals surface area (Å²) in [4.78, 5) is 23.6. The number of benzene rings is 2. The van der Waals surface area contributed by atoms with Crippen molar-refractivity contribution >= 4 is 23.1 Å². The fourth-order valence-electron chi connectivity index (χ4n) is 3.68. The summed E-state index contributed by atoms with van der Waals surface area (Å²) in [5.41, 5.74) is 2.10. The van der Waals surface area contributed by atoms with E-state index >= 15 is 0 Å². The third kappa shape index (κ3) is 12.6. The van der Waals surface area contributed by atoms with Crippen LogP contribution in [0.25, 0.3) is 11.1 Å². The molecule has 0 saturated heterocycles. The van der Waals surface area contributed by atoms with Crippen molar-refractivity contribution in [3.63, 3.8) is 0 Å². The van der Waals surface area contributed by atoms with Gasteiger partial charge in [-0.1, -0.05) is 44.3 Å². The molecule has 0 heterocycles. The van der Waals surface area contributed by atoms with E-state index in [4.69, 9.17) is 28.4 Å². The highest BCUT2D eigenvalue weighted by Gasteiger charge is 2.11. The van der Waals surface area contributed by atoms with Crippen LogP contribution in [-0.2, 0) is 28.5 Å². The minimum atomic E-state index is -0.413. The van der Waals surface area contributed by atoms with E-state index in [9.17, 15) is 9.59 Å². The van der Waals surface area contributed by atoms with Gasteiger partial charge < -0.3 is 28.4 Å². The molecular formula is C33H44O8. The van der Waals surface area contributed by atoms with Crippen LogP contribution in [0.4, 0.5) is 0 Å². The Labute approximate surface area is 244 Å². The predicted molar refractivity (Wildman–Crippen MR) is 160 cm³/mol. The van der Waals surface area contributed by atoms with Gasteiger partial charge in [-0.3, -0.25) is 0 Å². The maximum Gasteiger partial charge on any atom is 0.338 e. The van der Waals surface area contributed by atoms with Crippen molar-refractivity contribution in [1.29, 1.82) is 0 Å². The predicted octanol–water partition coefficient (Wildman–Crippen LogP) is 6.63. The zero-order chi connectivity index (χ0) is 29.9. The average molecular weight is 569 g/mol. The molecule has 0 aliphatic rings. The third-order valence-corrected chi connectivity index (χ3v) is 6.00. The maximum absolute atomic E-state index is 11.8. The molecule has 0 fully saturated rings. The molecule has 8 nitrogen and oxygen atoms in total. The van der Waals surface area contributed by atoms with Gasteiger partial charge in [-0.15, -0.1) is 0 Å². The molecule has 0 saturated carbocycles. The molecule has 0 unspecified atom stereocenters. The molecule has 0 bridgehead atoms. The summed E-state index contributed by atoms with van der Waals surface area (Å²) in [5.74, 6) is 0.651. The largest absolute Gasteiger partial charge is 0.494 e. The van der Waals surface area contributed by atoms with E-state index in [0.29, 0.717) is 61.9 Å². The number of ether oxygens (including phenoxy) is 6. The Bertz CT molecular complexity index is 990. The summed E-state index contributed by atoms with van der Waals surface area (Å²) in [6.07, 6.45) is 3.97. The lowest BCUT2D eigenvalue weighted by Crippen LogP contribution is -2.18. The van der Waals surface area contributed by atoms with Gasteiger partial charge in [0.1, 0.15) is 11.5 Å². The number of carbonyl (C=O) groups is 2. The zero-order valence-electron chi connectivity index (χ0n) is 24.7. The Kier molecular flexibility index (Phi) is 15.9. The van der Waals surface area contributed by atoms with Gasteiger partial charge in [0.05, 0.1) is 37.6 Å². The molecule has 0 spiro atoms. The van der Waals surface area contributed by atoms with Crippen molar-refractivity contribution < 1.29 is 38.0 Å². The number of hydrogen-bond donors (Lipinski definition) is 0. The van der Waals surface area contributed by atoms with E-state index in [0.717, 1.165) is 43.6 Å². The van der Waals surface area contributed by atoms with Crippen molar-refractivity contribution in [2.45, 2.75) is 59.2 Å². The molecule has 0 aromatic heterocycles. The molecule has 41 heavy (non-hydrogen) atoms. The van der Waals surface area contributed by atoms with Crippen molar-refractivity contribution in [2.75, 3.05) is 39.6 Å². The highest BCUT2D eigenvalue weighted by molar-refractivity contribution is 6.16. The minimum absolute atomic E-state index is 0.225. The quantitative estimate of drug-likeness (QED) is 0.0718. The molecule has 0 aliphatic carbocycles. The molecule has 0 amide bonds. The number of unbranched alkanes of at least 4 members (excludes halogenated alkanes) is 2. The molecule has 2 rings (SSSR count). The number of carbonyl (C=O) groups excluding carboxylic acids is 2. The Hall–Kier alpha value is -3.62. The highest BCUT2D eigenvalue weighted by Crippen LogP contribution is 2.20.